The lowest BCUT2D eigenvalue weighted by molar-refractivity contribution is -0.143. The fourth-order valence-corrected chi connectivity index (χ4v) is 6.27. The molecule has 17 nitrogen and oxygen atoms in total. The van der Waals surface area contributed by atoms with Crippen LogP contribution in [-0.2, 0) is 44.8 Å². The molecular formula is C36H54N8O9. The summed E-state index contributed by atoms with van der Waals surface area (Å²) in [4.78, 5) is 109. The van der Waals surface area contributed by atoms with E-state index in [-0.39, 0.29) is 37.6 Å². The van der Waals surface area contributed by atoms with Crippen LogP contribution in [0.15, 0.2) is 30.3 Å². The molecular weight excluding hydrogens is 688 g/mol. The zero-order chi connectivity index (χ0) is 39.4. The summed E-state index contributed by atoms with van der Waals surface area (Å²) < 4.78 is 0. The molecule has 3 unspecified atom stereocenters. The number of amides is 8. The van der Waals surface area contributed by atoms with Crippen LogP contribution in [0, 0.1) is 11.8 Å². The molecule has 0 aromatic heterocycles. The minimum Gasteiger partial charge on any atom is -0.394 e. The highest BCUT2D eigenvalue weighted by molar-refractivity contribution is 5.99. The van der Waals surface area contributed by atoms with Gasteiger partial charge in [0.15, 0.2) is 0 Å². The number of hydrogen-bond donors (Lipinski definition) is 8. The summed E-state index contributed by atoms with van der Waals surface area (Å²) in [5.41, 5.74) is 6.06. The summed E-state index contributed by atoms with van der Waals surface area (Å²) in [5.74, 6) is -6.85. The van der Waals surface area contributed by atoms with Crippen LogP contribution in [0.25, 0.3) is 0 Å². The maximum absolute atomic E-state index is 14.1. The van der Waals surface area contributed by atoms with Crippen molar-refractivity contribution in [3.8, 4) is 0 Å². The van der Waals surface area contributed by atoms with Gasteiger partial charge in [0.2, 0.25) is 47.3 Å². The Bertz CT molecular complexity index is 1510. The Balaban J connectivity index is 2.08. The molecule has 0 aliphatic carbocycles. The summed E-state index contributed by atoms with van der Waals surface area (Å²) >= 11 is 0. The van der Waals surface area contributed by atoms with Gasteiger partial charge in [0.05, 0.1) is 13.0 Å². The Morgan fingerprint density at radius 3 is 1.96 bits per heavy atom. The molecule has 1 aromatic carbocycles. The van der Waals surface area contributed by atoms with E-state index in [2.05, 4.69) is 31.9 Å². The van der Waals surface area contributed by atoms with Crippen molar-refractivity contribution in [1.29, 1.82) is 0 Å². The molecule has 53 heavy (non-hydrogen) atoms. The van der Waals surface area contributed by atoms with Crippen molar-refractivity contribution in [3.63, 3.8) is 0 Å². The molecule has 2 fully saturated rings. The second kappa shape index (κ2) is 19.7. The van der Waals surface area contributed by atoms with Crippen LogP contribution in [0.3, 0.4) is 0 Å². The molecule has 8 amide bonds. The maximum atomic E-state index is 14.1. The first-order valence-corrected chi connectivity index (χ1v) is 18.1. The highest BCUT2D eigenvalue weighted by Gasteiger charge is 2.41. The second-order valence-electron chi connectivity index (χ2n) is 14.2. The Labute approximate surface area is 309 Å². The van der Waals surface area contributed by atoms with Gasteiger partial charge in [0.1, 0.15) is 42.3 Å². The molecule has 8 atom stereocenters. The molecule has 2 aliphatic heterocycles. The lowest BCUT2D eigenvalue weighted by atomic mass is 9.96. The van der Waals surface area contributed by atoms with Crippen LogP contribution in [0.1, 0.15) is 72.3 Å². The summed E-state index contributed by atoms with van der Waals surface area (Å²) in [6.07, 6.45) is 0.638. The molecule has 2 saturated heterocycles. The van der Waals surface area contributed by atoms with Crippen molar-refractivity contribution < 1.29 is 43.5 Å². The largest absolute Gasteiger partial charge is 0.394 e. The number of fused-ring (bicyclic) bond motifs is 1. The fourth-order valence-electron chi connectivity index (χ4n) is 6.27. The number of carbonyl (C=O) groups excluding carboxylic acids is 8. The zero-order valence-electron chi connectivity index (χ0n) is 31.0. The first kappa shape index (κ1) is 42.4. The molecule has 0 bridgehead atoms. The summed E-state index contributed by atoms with van der Waals surface area (Å²) in [6.45, 7) is 7.95. The summed E-state index contributed by atoms with van der Waals surface area (Å²) in [7, 11) is 0. The Kier molecular flexibility index (Phi) is 15.7. The number of benzene rings is 1. The smallest absolute Gasteiger partial charge is 0.246 e. The standard InChI is InChI=1S/C36H54N8O9/c1-6-20(4)29-36(53)44-14-10-13-27(44)35(52)41-24(16-22-11-8-7-9-12-22)32(49)40-25(17-28(37)46)33(50)42-26(18-45)34(51)39-23(15-19(2)3)31(48)38-21(5)30(47)43-29/h7-9,11-12,19-21,23-27,29,45H,6,10,13-18H2,1-5H3,(H2,37,46)(H,38,48)(H,39,51)(H,40,49)(H,41,52)(H,42,50)(H,43,47)/t20?,21-,23?,24-,25?,26-,27-,29-/m0/s1. The Hall–Kier alpha value is -5.06. The minimum absolute atomic E-state index is 0.0344. The molecule has 9 N–H and O–H groups in total. The van der Waals surface area contributed by atoms with E-state index in [1.807, 2.05) is 6.92 Å². The van der Waals surface area contributed by atoms with Gasteiger partial charge in [0.25, 0.3) is 0 Å². The van der Waals surface area contributed by atoms with Crippen LogP contribution in [0.4, 0.5) is 0 Å². The number of rotatable bonds is 9. The third-order valence-electron chi connectivity index (χ3n) is 9.48. The highest BCUT2D eigenvalue weighted by Crippen LogP contribution is 2.22. The third kappa shape index (κ3) is 12.0. The number of nitrogens with one attached hydrogen (secondary N) is 6. The summed E-state index contributed by atoms with van der Waals surface area (Å²) in [5, 5.41) is 25.4. The predicted molar refractivity (Wildman–Crippen MR) is 192 cm³/mol. The van der Waals surface area contributed by atoms with Gasteiger partial charge in [0, 0.05) is 13.0 Å². The molecule has 0 radical (unpaired) electrons. The van der Waals surface area contributed by atoms with E-state index in [0.29, 0.717) is 18.4 Å². The normalized spacial score (nSPS) is 27.6. The lowest BCUT2D eigenvalue weighted by Crippen LogP contribution is -2.60. The van der Waals surface area contributed by atoms with Gasteiger partial charge in [-0.05, 0) is 43.6 Å². The summed E-state index contributed by atoms with van der Waals surface area (Å²) in [6, 6.07) is -0.237. The topological polar surface area (TPSA) is 258 Å². The van der Waals surface area contributed by atoms with Gasteiger partial charge in [-0.25, -0.2) is 0 Å². The fraction of sp³-hybridized carbons (Fsp3) is 0.611. The zero-order valence-corrected chi connectivity index (χ0v) is 31.0. The number of aliphatic hydroxyl groups excluding tert-OH is 1. The highest BCUT2D eigenvalue weighted by atomic mass is 16.3. The Morgan fingerprint density at radius 1 is 0.792 bits per heavy atom. The van der Waals surface area contributed by atoms with Gasteiger partial charge in [-0.3, -0.25) is 38.4 Å². The quantitative estimate of drug-likeness (QED) is 0.141. The van der Waals surface area contributed by atoms with Crippen molar-refractivity contribution in [2.24, 2.45) is 17.6 Å². The van der Waals surface area contributed by atoms with Crippen LogP contribution >= 0.6 is 0 Å². The average molecular weight is 743 g/mol. The van der Waals surface area contributed by atoms with Crippen LogP contribution in [0.2, 0.25) is 0 Å². The molecule has 2 heterocycles. The number of primary amides is 1. The molecule has 17 heteroatoms. The van der Waals surface area contributed by atoms with E-state index >= 15 is 0 Å². The van der Waals surface area contributed by atoms with Gasteiger partial charge < -0.3 is 47.6 Å². The van der Waals surface area contributed by atoms with Crippen LogP contribution < -0.4 is 37.6 Å². The van der Waals surface area contributed by atoms with E-state index in [1.54, 1.807) is 51.1 Å². The number of aliphatic hydroxyl groups is 1. The van der Waals surface area contributed by atoms with Crippen molar-refractivity contribution in [3.05, 3.63) is 35.9 Å². The van der Waals surface area contributed by atoms with Gasteiger partial charge in [-0.15, -0.1) is 0 Å². The lowest BCUT2D eigenvalue weighted by Gasteiger charge is -2.32. The monoisotopic (exact) mass is 742 g/mol. The van der Waals surface area contributed by atoms with Crippen LogP contribution in [-0.4, -0.2) is 113 Å². The third-order valence-corrected chi connectivity index (χ3v) is 9.48. The first-order chi connectivity index (χ1) is 25.1. The predicted octanol–water partition coefficient (Wildman–Crippen LogP) is -1.88. The Morgan fingerprint density at radius 2 is 1.36 bits per heavy atom. The number of hydrogen-bond acceptors (Lipinski definition) is 9. The molecule has 0 spiro atoms. The molecule has 3 rings (SSSR count). The van der Waals surface area contributed by atoms with Crippen molar-refractivity contribution >= 4 is 47.3 Å². The van der Waals surface area contributed by atoms with E-state index in [0.717, 1.165) is 0 Å². The van der Waals surface area contributed by atoms with E-state index in [4.69, 9.17) is 5.73 Å². The molecule has 2 aliphatic rings. The maximum Gasteiger partial charge on any atom is 0.246 e. The molecule has 1 aromatic rings. The molecule has 292 valence electrons. The van der Waals surface area contributed by atoms with Gasteiger partial charge in [-0.1, -0.05) is 64.4 Å². The molecule has 0 saturated carbocycles. The van der Waals surface area contributed by atoms with Crippen molar-refractivity contribution in [2.45, 2.75) is 115 Å². The van der Waals surface area contributed by atoms with E-state index in [9.17, 15) is 43.5 Å². The number of nitrogens with two attached hydrogens (primary N) is 1. The van der Waals surface area contributed by atoms with Crippen LogP contribution in [0.5, 0.6) is 0 Å². The van der Waals surface area contributed by atoms with E-state index < -0.39 is 103 Å². The van der Waals surface area contributed by atoms with E-state index in [1.165, 1.54) is 11.8 Å². The van der Waals surface area contributed by atoms with Crippen molar-refractivity contribution in [2.75, 3.05) is 13.2 Å². The number of nitrogens with zero attached hydrogens (tertiary/aromatic N) is 1. The van der Waals surface area contributed by atoms with Gasteiger partial charge >= 0.3 is 0 Å². The SMILES string of the molecule is CCC(C)[C@@H]1NC(=O)[C@H](C)NC(=O)C(CC(C)C)NC(=O)[C@H](CO)NC(=O)C(CC(N)=O)NC(=O)[C@H](Cc2ccccc2)NC(=O)[C@@H]2CCCN2C1=O. The van der Waals surface area contributed by atoms with Gasteiger partial charge in [-0.2, -0.15) is 0 Å². The second-order valence-corrected chi connectivity index (χ2v) is 14.2. The minimum atomic E-state index is -1.63. The average Bonchev–Trinajstić information content (AvgIpc) is 3.61. The first-order valence-electron chi connectivity index (χ1n) is 18.1. The number of carbonyl (C=O) groups is 8. The van der Waals surface area contributed by atoms with Crippen molar-refractivity contribution in [1.82, 2.24) is 36.8 Å².